The molecule has 1 heterocycles. The minimum atomic E-state index is -0.293. The van der Waals surface area contributed by atoms with Gasteiger partial charge in [0.2, 0.25) is 0 Å². The van der Waals surface area contributed by atoms with E-state index >= 15 is 0 Å². The Bertz CT molecular complexity index is 649. The molecule has 0 unspecified atom stereocenters. The maximum Gasteiger partial charge on any atom is 0.319 e. The summed E-state index contributed by atoms with van der Waals surface area (Å²) in [5.74, 6) is -0.293. The molecule has 22 heavy (non-hydrogen) atoms. The third kappa shape index (κ3) is 3.63. The second-order valence-corrected chi connectivity index (χ2v) is 5.17. The second-order valence-electron chi connectivity index (χ2n) is 5.17. The number of unbranched alkanes of at least 4 members (excludes halogenated alkanes) is 1. The first kappa shape index (κ1) is 16.0. The van der Waals surface area contributed by atoms with E-state index in [-0.39, 0.29) is 11.8 Å². The van der Waals surface area contributed by atoms with Gasteiger partial charge < -0.3 is 10.6 Å². The highest BCUT2D eigenvalue weighted by molar-refractivity contribution is 5.90. The van der Waals surface area contributed by atoms with Crippen LogP contribution in [0.25, 0.3) is 5.69 Å². The number of aryl methyl sites for hydroxylation is 1. The molecule has 0 spiro atoms. The maximum atomic E-state index is 13.0. The molecule has 2 rings (SSSR count). The van der Waals surface area contributed by atoms with Gasteiger partial charge in [-0.25, -0.2) is 13.9 Å². The van der Waals surface area contributed by atoms with Crippen molar-refractivity contribution in [3.63, 3.8) is 0 Å². The molecule has 2 amide bonds. The first-order valence-corrected chi connectivity index (χ1v) is 7.40. The number of nitrogens with one attached hydrogen (secondary N) is 2. The van der Waals surface area contributed by atoms with E-state index in [1.165, 1.54) is 12.1 Å². The molecule has 0 aliphatic heterocycles. The Hall–Kier alpha value is -2.37. The summed E-state index contributed by atoms with van der Waals surface area (Å²) in [4.78, 5) is 11.9. The summed E-state index contributed by atoms with van der Waals surface area (Å²) in [5, 5.41) is 10.0. The minimum Gasteiger partial charge on any atom is -0.338 e. The van der Waals surface area contributed by atoms with Crippen LogP contribution in [0.15, 0.2) is 24.3 Å². The molecule has 6 heteroatoms. The zero-order valence-electron chi connectivity index (χ0n) is 13.1. The molecular weight excluding hydrogens is 283 g/mol. The van der Waals surface area contributed by atoms with E-state index in [4.69, 9.17) is 0 Å². The number of rotatable bonds is 5. The Morgan fingerprint density at radius 1 is 1.27 bits per heavy atom. The van der Waals surface area contributed by atoms with Crippen LogP contribution in [0.4, 0.5) is 14.9 Å². The van der Waals surface area contributed by atoms with Crippen molar-refractivity contribution in [3.8, 4) is 5.69 Å². The van der Waals surface area contributed by atoms with Gasteiger partial charge in [0, 0.05) is 6.54 Å². The monoisotopic (exact) mass is 304 g/mol. The fourth-order valence-corrected chi connectivity index (χ4v) is 2.19. The third-order valence-electron chi connectivity index (χ3n) is 3.42. The number of carbonyl (C=O) groups is 1. The Morgan fingerprint density at radius 2 is 1.95 bits per heavy atom. The lowest BCUT2D eigenvalue weighted by molar-refractivity contribution is 0.252. The van der Waals surface area contributed by atoms with Gasteiger partial charge in [0.1, 0.15) is 5.82 Å². The van der Waals surface area contributed by atoms with Crippen molar-refractivity contribution in [2.75, 3.05) is 11.9 Å². The molecule has 2 N–H and O–H groups in total. The predicted octanol–water partition coefficient (Wildman–Crippen LogP) is 3.55. The number of urea groups is 1. The van der Waals surface area contributed by atoms with E-state index in [1.54, 1.807) is 16.8 Å². The summed E-state index contributed by atoms with van der Waals surface area (Å²) in [6.07, 6.45) is 1.97. The van der Waals surface area contributed by atoms with E-state index in [2.05, 4.69) is 22.7 Å². The molecule has 0 atom stereocenters. The number of nitrogens with zero attached hydrogens (tertiary/aromatic N) is 2. The number of anilines is 1. The van der Waals surface area contributed by atoms with Gasteiger partial charge in [-0.05, 0) is 44.5 Å². The zero-order valence-corrected chi connectivity index (χ0v) is 13.1. The van der Waals surface area contributed by atoms with Crippen molar-refractivity contribution >= 4 is 11.7 Å². The lowest BCUT2D eigenvalue weighted by Gasteiger charge is -2.08. The van der Waals surface area contributed by atoms with Crippen LogP contribution < -0.4 is 10.6 Å². The quantitative estimate of drug-likeness (QED) is 0.830. The van der Waals surface area contributed by atoms with Crippen LogP contribution in [0.5, 0.6) is 0 Å². The molecule has 1 aromatic heterocycles. The van der Waals surface area contributed by atoms with Crippen LogP contribution in [0, 0.1) is 19.7 Å². The van der Waals surface area contributed by atoms with Crippen molar-refractivity contribution in [2.45, 2.75) is 33.6 Å². The number of halogens is 1. The summed E-state index contributed by atoms with van der Waals surface area (Å²) < 4.78 is 14.7. The van der Waals surface area contributed by atoms with Crippen molar-refractivity contribution in [1.29, 1.82) is 0 Å². The molecule has 118 valence electrons. The molecule has 0 bridgehead atoms. The summed E-state index contributed by atoms with van der Waals surface area (Å²) >= 11 is 0. The van der Waals surface area contributed by atoms with E-state index in [9.17, 15) is 9.18 Å². The predicted molar refractivity (Wildman–Crippen MR) is 84.9 cm³/mol. The molecule has 0 saturated heterocycles. The van der Waals surface area contributed by atoms with Gasteiger partial charge in [0.25, 0.3) is 0 Å². The van der Waals surface area contributed by atoms with E-state index in [0.717, 1.165) is 24.2 Å². The van der Waals surface area contributed by atoms with Crippen LogP contribution >= 0.6 is 0 Å². The number of hydrogen-bond acceptors (Lipinski definition) is 2. The molecule has 5 nitrogen and oxygen atoms in total. The third-order valence-corrected chi connectivity index (χ3v) is 3.42. The topological polar surface area (TPSA) is 59.0 Å². The minimum absolute atomic E-state index is 0.238. The van der Waals surface area contributed by atoms with E-state index in [1.807, 2.05) is 13.8 Å². The standard InChI is InChI=1S/C16H21FN4O/c1-4-5-10-18-16(22)19-15-11(2)20-21(12(15)3)14-8-6-13(17)7-9-14/h6-9H,4-5,10H2,1-3H3,(H2,18,19,22). The van der Waals surface area contributed by atoms with E-state index in [0.29, 0.717) is 17.9 Å². The van der Waals surface area contributed by atoms with Crippen LogP contribution in [-0.2, 0) is 0 Å². The smallest absolute Gasteiger partial charge is 0.319 e. The molecule has 0 radical (unpaired) electrons. The molecule has 0 aliphatic rings. The lowest BCUT2D eigenvalue weighted by Crippen LogP contribution is -2.29. The van der Waals surface area contributed by atoms with Crippen molar-refractivity contribution in [3.05, 3.63) is 41.5 Å². The number of hydrogen-bond donors (Lipinski definition) is 2. The van der Waals surface area contributed by atoms with Crippen LogP contribution in [0.3, 0.4) is 0 Å². The number of carbonyl (C=O) groups excluding carboxylic acids is 1. The second kappa shape index (κ2) is 7.06. The first-order valence-electron chi connectivity index (χ1n) is 7.40. The van der Waals surface area contributed by atoms with Crippen molar-refractivity contribution in [1.82, 2.24) is 15.1 Å². The van der Waals surface area contributed by atoms with Gasteiger partial charge in [-0.15, -0.1) is 0 Å². The Kier molecular flexibility index (Phi) is 5.14. The average molecular weight is 304 g/mol. The highest BCUT2D eigenvalue weighted by atomic mass is 19.1. The fraction of sp³-hybridized carbons (Fsp3) is 0.375. The fourth-order valence-electron chi connectivity index (χ4n) is 2.19. The Balaban J connectivity index is 2.16. The van der Waals surface area contributed by atoms with Crippen LogP contribution in [0.2, 0.25) is 0 Å². The molecule has 0 fully saturated rings. The van der Waals surface area contributed by atoms with Crippen molar-refractivity contribution < 1.29 is 9.18 Å². The normalized spacial score (nSPS) is 10.5. The number of aromatic nitrogens is 2. The lowest BCUT2D eigenvalue weighted by atomic mass is 10.3. The van der Waals surface area contributed by atoms with Gasteiger partial charge in [-0.3, -0.25) is 0 Å². The van der Waals surface area contributed by atoms with Crippen LogP contribution in [0.1, 0.15) is 31.2 Å². The first-order chi connectivity index (χ1) is 10.5. The van der Waals surface area contributed by atoms with Gasteiger partial charge in [0.05, 0.1) is 22.8 Å². The zero-order chi connectivity index (χ0) is 16.1. The summed E-state index contributed by atoms with van der Waals surface area (Å²) in [6.45, 7) is 6.41. The summed E-state index contributed by atoms with van der Waals surface area (Å²) in [6, 6.07) is 5.84. The molecule has 0 saturated carbocycles. The van der Waals surface area contributed by atoms with Gasteiger partial charge >= 0.3 is 6.03 Å². The van der Waals surface area contributed by atoms with Crippen molar-refractivity contribution in [2.24, 2.45) is 0 Å². The highest BCUT2D eigenvalue weighted by Gasteiger charge is 2.15. The number of amides is 2. The van der Waals surface area contributed by atoms with Crippen LogP contribution in [-0.4, -0.2) is 22.4 Å². The highest BCUT2D eigenvalue weighted by Crippen LogP contribution is 2.22. The molecule has 2 aromatic rings. The number of benzene rings is 1. The Labute approximate surface area is 129 Å². The summed E-state index contributed by atoms with van der Waals surface area (Å²) in [7, 11) is 0. The maximum absolute atomic E-state index is 13.0. The SMILES string of the molecule is CCCCNC(=O)Nc1c(C)nn(-c2ccc(F)cc2)c1C. The Morgan fingerprint density at radius 3 is 2.59 bits per heavy atom. The van der Waals surface area contributed by atoms with Gasteiger partial charge in [0.15, 0.2) is 0 Å². The molecular formula is C16H21FN4O. The van der Waals surface area contributed by atoms with Gasteiger partial charge in [-0.2, -0.15) is 5.10 Å². The molecule has 0 aliphatic carbocycles. The average Bonchev–Trinajstić information content (AvgIpc) is 2.76. The van der Waals surface area contributed by atoms with Gasteiger partial charge in [-0.1, -0.05) is 13.3 Å². The summed E-state index contributed by atoms with van der Waals surface area (Å²) in [5.41, 5.74) is 2.95. The van der Waals surface area contributed by atoms with E-state index < -0.39 is 0 Å². The molecule has 1 aromatic carbocycles. The largest absolute Gasteiger partial charge is 0.338 e.